The molecule has 9 aromatic rings. The third-order valence-electron chi connectivity index (χ3n) is 17.2. The summed E-state index contributed by atoms with van der Waals surface area (Å²) in [6.07, 6.45) is 0. The smallest absolute Gasteiger partial charge is 0.295 e. The number of imidazole rings is 1. The van der Waals surface area contributed by atoms with Crippen LogP contribution >= 0.6 is 0 Å². The summed E-state index contributed by atoms with van der Waals surface area (Å²) in [5, 5.41) is 0. The fourth-order valence-electron chi connectivity index (χ4n) is 12.6. The Balaban J connectivity index is 1.21. The summed E-state index contributed by atoms with van der Waals surface area (Å²) in [6.45, 7) is 39.6. The van der Waals surface area contributed by atoms with Crippen molar-refractivity contribution < 1.29 is 4.57 Å². The molecule has 0 fully saturated rings. The Morgan fingerprint density at radius 2 is 0.885 bits per heavy atom. The first kappa shape index (κ1) is 52.9. The molecule has 3 heterocycles. The maximum Gasteiger partial charge on any atom is 0.295 e. The number of hydrogen-bond acceptors (Lipinski definition) is 2. The average Bonchev–Trinajstić information content (AvgIpc) is 3.70. The fourth-order valence-corrected chi connectivity index (χ4v) is 12.6. The van der Waals surface area contributed by atoms with Crippen LogP contribution in [0, 0.1) is 6.92 Å². The lowest BCUT2D eigenvalue weighted by molar-refractivity contribution is -0.633. The van der Waals surface area contributed by atoms with E-state index in [0.29, 0.717) is 11.8 Å². The minimum absolute atomic E-state index is 0.00988. The second-order valence-corrected chi connectivity index (χ2v) is 27.5. The van der Waals surface area contributed by atoms with Crippen molar-refractivity contribution in [3.63, 3.8) is 0 Å². The van der Waals surface area contributed by atoms with Crippen LogP contribution in [0.4, 0.5) is 34.1 Å². The average molecular weight is 1030 g/mol. The van der Waals surface area contributed by atoms with Crippen LogP contribution in [0.3, 0.4) is 0 Å². The zero-order valence-electron chi connectivity index (χ0n) is 50.0. The molecule has 5 heteroatoms. The number of aryl methyl sites for hydroxylation is 2. The van der Waals surface area contributed by atoms with Crippen molar-refractivity contribution in [1.82, 2.24) is 4.57 Å². The van der Waals surface area contributed by atoms with Gasteiger partial charge in [0.05, 0.1) is 12.6 Å². The van der Waals surface area contributed by atoms with Crippen molar-refractivity contribution in [2.75, 3.05) is 9.80 Å². The van der Waals surface area contributed by atoms with E-state index in [1.54, 1.807) is 0 Å². The number of aromatic nitrogens is 2. The highest BCUT2D eigenvalue weighted by atomic mass is 15.2. The molecule has 0 aliphatic carbocycles. The van der Waals surface area contributed by atoms with Crippen LogP contribution < -0.4 is 30.8 Å². The van der Waals surface area contributed by atoms with E-state index in [2.05, 4.69) is 301 Å². The third-order valence-corrected chi connectivity index (χ3v) is 17.2. The fraction of sp³-hybridized carbons (Fsp3) is 0.329. The molecule has 0 saturated carbocycles. The third kappa shape index (κ3) is 8.90. The normalized spacial score (nSPS) is 13.7. The van der Waals surface area contributed by atoms with Gasteiger partial charge < -0.3 is 9.80 Å². The van der Waals surface area contributed by atoms with Crippen molar-refractivity contribution in [2.45, 2.75) is 151 Å². The van der Waals surface area contributed by atoms with Crippen LogP contribution in [0.1, 0.15) is 162 Å². The Kier molecular flexibility index (Phi) is 12.7. The summed E-state index contributed by atoms with van der Waals surface area (Å²) in [6, 6.07) is 61.7. The van der Waals surface area contributed by atoms with Crippen LogP contribution in [-0.4, -0.2) is 11.3 Å². The zero-order valence-corrected chi connectivity index (χ0v) is 50.0. The predicted octanol–water partition coefficient (Wildman–Crippen LogP) is 17.6. The molecule has 1 aromatic heterocycles. The van der Waals surface area contributed by atoms with E-state index in [0.717, 1.165) is 11.4 Å². The first-order valence-corrected chi connectivity index (χ1v) is 28.7. The van der Waals surface area contributed by atoms with Crippen LogP contribution in [0.25, 0.3) is 39.2 Å². The van der Waals surface area contributed by atoms with E-state index in [1.807, 2.05) is 0 Å². The molecule has 0 amide bonds. The first-order chi connectivity index (χ1) is 36.7. The summed E-state index contributed by atoms with van der Waals surface area (Å²) >= 11 is 0. The van der Waals surface area contributed by atoms with Crippen LogP contribution in [0.15, 0.2) is 158 Å². The van der Waals surface area contributed by atoms with Gasteiger partial charge in [0.2, 0.25) is 0 Å². The van der Waals surface area contributed by atoms with Gasteiger partial charge in [0.1, 0.15) is 5.69 Å². The molecular formula is C73H82BN4+. The second-order valence-electron chi connectivity index (χ2n) is 27.5. The highest BCUT2D eigenvalue weighted by molar-refractivity contribution is 7.00. The van der Waals surface area contributed by atoms with Gasteiger partial charge >= 0.3 is 0 Å². The van der Waals surface area contributed by atoms with E-state index in [9.17, 15) is 0 Å². The predicted molar refractivity (Wildman–Crippen MR) is 337 cm³/mol. The lowest BCUT2D eigenvalue weighted by Gasteiger charge is -2.45. The monoisotopic (exact) mass is 1030 g/mol. The molecule has 8 aromatic carbocycles. The molecule has 2 aliphatic rings. The number of fused-ring (bicyclic) bond motifs is 5. The number of nitrogens with zero attached hydrogens (tertiary/aromatic N) is 4. The highest BCUT2D eigenvalue weighted by Gasteiger charge is 2.45. The van der Waals surface area contributed by atoms with Crippen molar-refractivity contribution in [1.29, 1.82) is 0 Å². The number of rotatable bonds is 7. The Morgan fingerprint density at radius 3 is 1.32 bits per heavy atom. The summed E-state index contributed by atoms with van der Waals surface area (Å²) in [7, 11) is 2.25. The molecule has 0 spiro atoms. The molecule has 4 nitrogen and oxygen atoms in total. The maximum atomic E-state index is 2.59. The Labute approximate surface area is 467 Å². The molecule has 0 bridgehead atoms. The summed E-state index contributed by atoms with van der Waals surface area (Å²) in [4.78, 5) is 5.18. The lowest BCUT2D eigenvalue weighted by atomic mass is 9.33. The van der Waals surface area contributed by atoms with E-state index in [-0.39, 0.29) is 28.4 Å². The Bertz CT molecular complexity index is 3630. The van der Waals surface area contributed by atoms with Crippen molar-refractivity contribution in [3.8, 4) is 28.2 Å². The molecule has 2 aliphatic heterocycles. The molecule has 396 valence electrons. The molecule has 0 saturated heterocycles. The minimum atomic E-state index is -0.0449. The van der Waals surface area contributed by atoms with Crippen molar-refractivity contribution in [2.24, 2.45) is 7.05 Å². The first-order valence-electron chi connectivity index (χ1n) is 28.7. The summed E-state index contributed by atoms with van der Waals surface area (Å²) in [5.41, 5.74) is 27.8. The number of hydrogen-bond donors (Lipinski definition) is 0. The van der Waals surface area contributed by atoms with Gasteiger partial charge in [-0.1, -0.05) is 202 Å². The number of benzene rings is 8. The van der Waals surface area contributed by atoms with Gasteiger partial charge in [-0.2, -0.15) is 4.57 Å². The quantitative estimate of drug-likeness (QED) is 0.117. The van der Waals surface area contributed by atoms with Crippen molar-refractivity contribution >= 4 is 68.3 Å². The van der Waals surface area contributed by atoms with Gasteiger partial charge in [-0.15, -0.1) is 0 Å². The second kappa shape index (κ2) is 18.8. The van der Waals surface area contributed by atoms with E-state index in [4.69, 9.17) is 0 Å². The summed E-state index contributed by atoms with van der Waals surface area (Å²) < 4.78 is 4.99. The van der Waals surface area contributed by atoms with Gasteiger partial charge in [-0.3, -0.25) is 0 Å². The van der Waals surface area contributed by atoms with E-state index in [1.165, 1.54) is 117 Å². The van der Waals surface area contributed by atoms with Gasteiger partial charge in [-0.05, 0) is 162 Å². The standard InChI is InChI=1S/C73H82BN4/c1-45(2)56-22-21-23-57(46(3)4)68(56)78-64-25-20-19-24-63(64)75(18)69(78)58-37-26-48(40-47(58)5)49-41-65-67-66(42-49)77(55-35-29-51(30-36-55)71(9,10)11)62-39-32-53(73(15,16)17)44-60(62)74(67)59-43-52(72(12,13)14)31-38-61(59)76(65)54-33-27-50(28-34-54)70(6,7)8/h19-46H,1-18H3/q+1. The SMILES string of the molecule is Cc1cc(-c2cc3c4c(c2)N(c2ccc(C(C)(C)C)cc2)c2ccc(C(C)(C)C)cc2B4c2cc(C(C)(C)C)ccc2N3c2ccc(C(C)(C)C)cc2)ccc1-c1n(-c2c(C(C)C)cccc2C(C)C)c2ccccc2[n+]1C. The van der Waals surface area contributed by atoms with Gasteiger partial charge in [0.15, 0.2) is 11.0 Å². The maximum absolute atomic E-state index is 2.59. The number of anilines is 6. The van der Waals surface area contributed by atoms with E-state index < -0.39 is 0 Å². The lowest BCUT2D eigenvalue weighted by Crippen LogP contribution is -2.61. The molecule has 0 atom stereocenters. The highest BCUT2D eigenvalue weighted by Crippen LogP contribution is 2.48. The molecule has 78 heavy (non-hydrogen) atoms. The molecular weight excluding hydrogens is 944 g/mol. The van der Waals surface area contributed by atoms with Crippen LogP contribution in [-0.2, 0) is 28.7 Å². The van der Waals surface area contributed by atoms with Gasteiger partial charge in [0, 0.05) is 45.3 Å². The topological polar surface area (TPSA) is 15.3 Å². The minimum Gasteiger partial charge on any atom is -0.311 e. The summed E-state index contributed by atoms with van der Waals surface area (Å²) in [5.74, 6) is 1.88. The zero-order chi connectivity index (χ0) is 55.7. The number of para-hydroxylation sites is 3. The molecule has 0 N–H and O–H groups in total. The van der Waals surface area contributed by atoms with Crippen molar-refractivity contribution in [3.05, 3.63) is 197 Å². The van der Waals surface area contributed by atoms with Crippen LogP contribution in [0.5, 0.6) is 0 Å². The molecule has 0 radical (unpaired) electrons. The Morgan fingerprint density at radius 1 is 0.436 bits per heavy atom. The van der Waals surface area contributed by atoms with Gasteiger partial charge in [0.25, 0.3) is 12.5 Å². The van der Waals surface area contributed by atoms with Gasteiger partial charge in [-0.25, -0.2) is 4.57 Å². The largest absolute Gasteiger partial charge is 0.311 e. The molecule has 11 rings (SSSR count). The van der Waals surface area contributed by atoms with E-state index >= 15 is 0 Å². The Hall–Kier alpha value is -7.11. The van der Waals surface area contributed by atoms with Crippen LogP contribution in [0.2, 0.25) is 0 Å². The molecule has 0 unspecified atom stereocenters.